The molecule has 1 N–H and O–H groups in total. The van der Waals surface area contributed by atoms with Gasteiger partial charge in [-0.1, -0.05) is 0 Å². The molecule has 4 aromatic heterocycles. The first-order valence-electron chi connectivity index (χ1n) is 12.6. The molecule has 6 rings (SSSR count). The number of hydrogen-bond acceptors (Lipinski definition) is 10. The van der Waals surface area contributed by atoms with E-state index < -0.39 is 23.2 Å². The van der Waals surface area contributed by atoms with Crippen LogP contribution in [0.2, 0.25) is 0 Å². The summed E-state index contributed by atoms with van der Waals surface area (Å²) in [7, 11) is 1.45. The predicted octanol–water partition coefficient (Wildman–Crippen LogP) is 0.389. The van der Waals surface area contributed by atoms with Crippen LogP contribution in [0.5, 0.6) is 0 Å². The fourth-order valence-electron chi connectivity index (χ4n) is 5.03. The Morgan fingerprint density at radius 2 is 1.82 bits per heavy atom. The van der Waals surface area contributed by atoms with Gasteiger partial charge < -0.3 is 14.8 Å². The van der Waals surface area contributed by atoms with Gasteiger partial charge in [-0.2, -0.15) is 0 Å². The molecule has 1 saturated carbocycles. The molecule has 0 spiro atoms. The van der Waals surface area contributed by atoms with E-state index in [1.807, 2.05) is 0 Å². The van der Waals surface area contributed by atoms with Crippen LogP contribution in [-0.4, -0.2) is 63.4 Å². The third-order valence-corrected chi connectivity index (χ3v) is 7.30. The average Bonchev–Trinajstić information content (AvgIpc) is 3.31. The fraction of sp³-hybridized carbons (Fsp3) is 0.400. The number of carbonyl (C=O) groups excluding carboxylic acids is 2. The quantitative estimate of drug-likeness (QED) is 0.354. The van der Waals surface area contributed by atoms with Gasteiger partial charge in [0.1, 0.15) is 17.6 Å². The number of aryl methyl sites for hydroxylation is 1. The van der Waals surface area contributed by atoms with Gasteiger partial charge in [0, 0.05) is 38.7 Å². The Labute approximate surface area is 221 Å². The molecule has 4 aromatic rings. The number of nitrogens with one attached hydrogen (secondary N) is 1. The van der Waals surface area contributed by atoms with E-state index in [9.17, 15) is 19.2 Å². The van der Waals surface area contributed by atoms with Crippen LogP contribution in [0.1, 0.15) is 26.3 Å². The molecule has 0 aromatic carbocycles. The van der Waals surface area contributed by atoms with Crippen LogP contribution >= 0.6 is 0 Å². The van der Waals surface area contributed by atoms with E-state index in [1.165, 1.54) is 42.1 Å². The third kappa shape index (κ3) is 4.36. The molecular formula is C25H26N10O4. The van der Waals surface area contributed by atoms with E-state index in [1.54, 1.807) is 25.4 Å². The van der Waals surface area contributed by atoms with Crippen molar-refractivity contribution >= 4 is 34.6 Å². The topological polar surface area (TPSA) is 163 Å². The van der Waals surface area contributed by atoms with Crippen molar-refractivity contribution in [2.45, 2.75) is 32.9 Å². The summed E-state index contributed by atoms with van der Waals surface area (Å²) in [6.07, 6.45) is 7.48. The Hall–Kier alpha value is -4.75. The highest BCUT2D eigenvalue weighted by atomic mass is 16.2. The Morgan fingerprint density at radius 3 is 2.51 bits per heavy atom. The molecule has 200 valence electrons. The minimum absolute atomic E-state index is 0.0388. The van der Waals surface area contributed by atoms with Crippen LogP contribution in [-0.2, 0) is 23.2 Å². The van der Waals surface area contributed by atoms with Gasteiger partial charge in [0.25, 0.3) is 5.56 Å². The molecule has 0 bridgehead atoms. The van der Waals surface area contributed by atoms with Gasteiger partial charge >= 0.3 is 5.69 Å². The monoisotopic (exact) mass is 530 g/mol. The molecule has 1 saturated heterocycles. The number of aromatic nitrogens is 8. The van der Waals surface area contributed by atoms with Gasteiger partial charge in [0.15, 0.2) is 17.0 Å². The molecule has 2 aliphatic rings. The van der Waals surface area contributed by atoms with E-state index >= 15 is 0 Å². The maximum Gasteiger partial charge on any atom is 0.332 e. The largest absolute Gasteiger partial charge is 0.340 e. The van der Waals surface area contributed by atoms with Crippen molar-refractivity contribution in [1.29, 1.82) is 0 Å². The predicted molar refractivity (Wildman–Crippen MR) is 140 cm³/mol. The first kappa shape index (κ1) is 24.6. The summed E-state index contributed by atoms with van der Waals surface area (Å²) in [4.78, 5) is 74.5. The molecule has 2 fully saturated rings. The second kappa shape index (κ2) is 9.22. The number of rotatable bonds is 7. The molecule has 0 radical (unpaired) electrons. The molecule has 1 amide bonds. The van der Waals surface area contributed by atoms with Gasteiger partial charge in [-0.3, -0.25) is 23.5 Å². The van der Waals surface area contributed by atoms with Crippen molar-refractivity contribution in [3.8, 4) is 11.4 Å². The Kier molecular flexibility index (Phi) is 5.81. The number of hydrogen-bond donors (Lipinski definition) is 1. The van der Waals surface area contributed by atoms with Crippen LogP contribution in [0.15, 0.2) is 40.6 Å². The van der Waals surface area contributed by atoms with Crippen molar-refractivity contribution in [3.05, 3.63) is 51.8 Å². The fourth-order valence-corrected chi connectivity index (χ4v) is 5.03. The normalized spacial score (nSPS) is 18.7. The second-order valence-electron chi connectivity index (χ2n) is 10.1. The number of imidazole rings is 1. The first-order valence-corrected chi connectivity index (χ1v) is 12.6. The van der Waals surface area contributed by atoms with E-state index in [0.717, 1.165) is 29.5 Å². The Bertz CT molecular complexity index is 1730. The Morgan fingerprint density at radius 1 is 1.10 bits per heavy atom. The standard InChI is InChI=1S/C25H26N10O4/c1-13(36)9-34-23(38)19-21(32(3)25(34)39)29-12-35(19)14(2)22(37)31-18-4-5-26-20(30-18)17-7-27-24(28-8-17)33-10-15-6-16(15)11-33/h4-5,7-8,12,14-16H,6,9-11H2,1-3H3,(H,26,30,31,37)/t14-,15+,16?/m0/s1. The number of amides is 1. The molecule has 14 nitrogen and oxygen atoms in total. The summed E-state index contributed by atoms with van der Waals surface area (Å²) in [5.41, 5.74) is -0.591. The lowest BCUT2D eigenvalue weighted by Crippen LogP contribution is -2.41. The van der Waals surface area contributed by atoms with E-state index in [-0.39, 0.29) is 29.3 Å². The van der Waals surface area contributed by atoms with Crippen LogP contribution in [0.25, 0.3) is 22.6 Å². The number of nitrogens with zero attached hydrogens (tertiary/aromatic N) is 9. The molecule has 3 atom stereocenters. The molecule has 5 heterocycles. The highest BCUT2D eigenvalue weighted by molar-refractivity contribution is 5.93. The van der Waals surface area contributed by atoms with Gasteiger partial charge in [-0.15, -0.1) is 0 Å². The van der Waals surface area contributed by atoms with Crippen molar-refractivity contribution in [2.24, 2.45) is 18.9 Å². The number of carbonyl (C=O) groups is 2. The molecule has 39 heavy (non-hydrogen) atoms. The lowest BCUT2D eigenvalue weighted by Gasteiger charge is -2.17. The zero-order chi connectivity index (χ0) is 27.4. The summed E-state index contributed by atoms with van der Waals surface area (Å²) in [6.45, 7) is 4.49. The SMILES string of the molecule is CC(=O)Cn1c(=O)c2c(ncn2[C@@H](C)C(=O)Nc2ccnc(-c3cnc(N4CC5C[C@@H]5C4)nc3)n2)n(C)c1=O. The summed E-state index contributed by atoms with van der Waals surface area (Å²) >= 11 is 0. The smallest absolute Gasteiger partial charge is 0.332 e. The number of Topliss-reactive ketones (excluding diaryl/α,β-unsaturated/α-hetero) is 1. The lowest BCUT2D eigenvalue weighted by atomic mass is 10.3. The minimum Gasteiger partial charge on any atom is -0.340 e. The van der Waals surface area contributed by atoms with Gasteiger partial charge in [-0.25, -0.2) is 29.7 Å². The van der Waals surface area contributed by atoms with Crippen molar-refractivity contribution in [3.63, 3.8) is 0 Å². The van der Waals surface area contributed by atoms with Crippen LogP contribution in [0, 0.1) is 11.8 Å². The lowest BCUT2D eigenvalue weighted by molar-refractivity contribution is -0.119. The molecule has 1 aliphatic carbocycles. The average molecular weight is 531 g/mol. The van der Waals surface area contributed by atoms with Crippen molar-refractivity contribution in [2.75, 3.05) is 23.3 Å². The first-order chi connectivity index (χ1) is 18.7. The molecule has 14 heteroatoms. The highest BCUT2D eigenvalue weighted by Crippen LogP contribution is 2.45. The van der Waals surface area contributed by atoms with Gasteiger partial charge in [-0.05, 0) is 38.2 Å². The number of anilines is 2. The van der Waals surface area contributed by atoms with Crippen LogP contribution in [0.4, 0.5) is 11.8 Å². The maximum absolute atomic E-state index is 13.2. The Balaban J connectivity index is 1.23. The second-order valence-corrected chi connectivity index (χ2v) is 10.1. The van der Waals surface area contributed by atoms with Crippen LogP contribution < -0.4 is 21.5 Å². The van der Waals surface area contributed by atoms with Gasteiger partial charge in [0.2, 0.25) is 11.9 Å². The summed E-state index contributed by atoms with van der Waals surface area (Å²) in [5.74, 6) is 2.03. The highest BCUT2D eigenvalue weighted by Gasteiger charge is 2.45. The van der Waals surface area contributed by atoms with E-state index in [4.69, 9.17) is 0 Å². The molecular weight excluding hydrogens is 504 g/mol. The van der Waals surface area contributed by atoms with Crippen molar-refractivity contribution < 1.29 is 9.59 Å². The van der Waals surface area contributed by atoms with E-state index in [2.05, 4.69) is 35.1 Å². The third-order valence-electron chi connectivity index (χ3n) is 7.30. The van der Waals surface area contributed by atoms with Crippen molar-refractivity contribution in [1.82, 2.24) is 38.6 Å². The van der Waals surface area contributed by atoms with Gasteiger partial charge in [0.05, 0.1) is 18.4 Å². The van der Waals surface area contributed by atoms with E-state index in [0.29, 0.717) is 17.3 Å². The number of piperidine rings is 1. The molecule has 1 unspecified atom stereocenters. The summed E-state index contributed by atoms with van der Waals surface area (Å²) < 4.78 is 3.39. The zero-order valence-corrected chi connectivity index (χ0v) is 21.6. The molecule has 1 aliphatic heterocycles. The minimum atomic E-state index is -0.890. The number of ketones is 1. The maximum atomic E-state index is 13.2. The summed E-state index contributed by atoms with van der Waals surface area (Å²) in [5, 5.41) is 2.74. The summed E-state index contributed by atoms with van der Waals surface area (Å²) in [6, 6.07) is 0.661. The van der Waals surface area contributed by atoms with Crippen LogP contribution in [0.3, 0.4) is 0 Å². The number of fused-ring (bicyclic) bond motifs is 2. The zero-order valence-electron chi connectivity index (χ0n) is 21.6.